The van der Waals surface area contributed by atoms with E-state index in [2.05, 4.69) is 36.5 Å². The number of hydrogen-bond acceptors (Lipinski definition) is 1. The van der Waals surface area contributed by atoms with Gasteiger partial charge in [0, 0.05) is 6.04 Å². The summed E-state index contributed by atoms with van der Waals surface area (Å²) in [6.07, 6.45) is 1.96. The maximum atomic E-state index is 13.3. The van der Waals surface area contributed by atoms with Gasteiger partial charge in [0.15, 0.2) is 0 Å². The molecule has 0 aromatic heterocycles. The van der Waals surface area contributed by atoms with Gasteiger partial charge in [0.05, 0.1) is 0 Å². The van der Waals surface area contributed by atoms with Crippen molar-refractivity contribution in [1.82, 2.24) is 5.32 Å². The molecule has 2 rings (SSSR count). The molecule has 2 aromatic carbocycles. The molecule has 2 heteroatoms. The molecule has 0 bridgehead atoms. The van der Waals surface area contributed by atoms with Gasteiger partial charge < -0.3 is 5.32 Å². The van der Waals surface area contributed by atoms with Crippen LogP contribution in [0.5, 0.6) is 0 Å². The van der Waals surface area contributed by atoms with Crippen LogP contribution in [0.25, 0.3) is 0 Å². The molecule has 0 amide bonds. The second-order valence-corrected chi connectivity index (χ2v) is 4.86. The Morgan fingerprint density at radius 2 is 1.89 bits per heavy atom. The number of hydrogen-bond donors (Lipinski definition) is 1. The Morgan fingerprint density at radius 3 is 2.58 bits per heavy atom. The third-order valence-corrected chi connectivity index (χ3v) is 3.56. The molecule has 0 aliphatic heterocycles. The minimum Gasteiger partial charge on any atom is -0.313 e. The summed E-state index contributed by atoms with van der Waals surface area (Å²) < 4.78 is 13.3. The van der Waals surface area contributed by atoms with E-state index < -0.39 is 0 Å². The Labute approximate surface area is 114 Å². The molecule has 2 aromatic rings. The van der Waals surface area contributed by atoms with Crippen LogP contribution in [0.15, 0.2) is 48.5 Å². The van der Waals surface area contributed by atoms with Crippen LogP contribution in [0.3, 0.4) is 0 Å². The third-order valence-electron chi connectivity index (χ3n) is 3.56. The fourth-order valence-corrected chi connectivity index (χ4v) is 2.39. The van der Waals surface area contributed by atoms with Crippen LogP contribution >= 0.6 is 0 Å². The monoisotopic (exact) mass is 257 g/mol. The van der Waals surface area contributed by atoms with Crippen LogP contribution < -0.4 is 5.32 Å². The van der Waals surface area contributed by atoms with E-state index in [9.17, 15) is 4.39 Å². The Morgan fingerprint density at radius 1 is 1.11 bits per heavy atom. The van der Waals surface area contributed by atoms with E-state index in [1.54, 1.807) is 12.1 Å². The van der Waals surface area contributed by atoms with E-state index >= 15 is 0 Å². The predicted molar refractivity (Wildman–Crippen MR) is 77.7 cm³/mol. The Hall–Kier alpha value is -1.67. The lowest BCUT2D eigenvalue weighted by atomic mass is 9.97. The Balaban J connectivity index is 2.06. The summed E-state index contributed by atoms with van der Waals surface area (Å²) in [6.45, 7) is 2.13. The number of aryl methyl sites for hydroxylation is 2. The van der Waals surface area contributed by atoms with Gasteiger partial charge in [-0.15, -0.1) is 0 Å². The molecule has 0 saturated carbocycles. The first-order valence-corrected chi connectivity index (χ1v) is 6.68. The molecule has 0 spiro atoms. The fraction of sp³-hybridized carbons (Fsp3) is 0.294. The molecule has 1 unspecified atom stereocenters. The van der Waals surface area contributed by atoms with Crippen LogP contribution in [-0.4, -0.2) is 7.05 Å². The summed E-state index contributed by atoms with van der Waals surface area (Å²) in [4.78, 5) is 0. The smallest absolute Gasteiger partial charge is 0.123 e. The number of benzene rings is 2. The van der Waals surface area contributed by atoms with Crippen molar-refractivity contribution in [2.45, 2.75) is 25.8 Å². The van der Waals surface area contributed by atoms with Gasteiger partial charge in [0.2, 0.25) is 0 Å². The van der Waals surface area contributed by atoms with Crippen LogP contribution in [0.4, 0.5) is 4.39 Å². The molecule has 0 fully saturated rings. The van der Waals surface area contributed by atoms with Crippen LogP contribution in [0.2, 0.25) is 0 Å². The lowest BCUT2D eigenvalue weighted by Crippen LogP contribution is -2.17. The SMILES string of the molecule is CNC(CCc1ccccc1C)c1cccc(F)c1. The van der Waals surface area contributed by atoms with Gasteiger partial charge in [-0.3, -0.25) is 0 Å². The first-order valence-electron chi connectivity index (χ1n) is 6.68. The average molecular weight is 257 g/mol. The molecule has 19 heavy (non-hydrogen) atoms. The Kier molecular flexibility index (Phi) is 4.69. The van der Waals surface area contributed by atoms with Crippen LogP contribution in [-0.2, 0) is 6.42 Å². The first kappa shape index (κ1) is 13.8. The Bertz CT molecular complexity index is 536. The lowest BCUT2D eigenvalue weighted by Gasteiger charge is -2.17. The van der Waals surface area contributed by atoms with Gasteiger partial charge >= 0.3 is 0 Å². The van der Waals surface area contributed by atoms with E-state index in [1.165, 1.54) is 17.2 Å². The summed E-state index contributed by atoms with van der Waals surface area (Å²) in [5, 5.41) is 3.27. The highest BCUT2D eigenvalue weighted by Gasteiger charge is 2.10. The highest BCUT2D eigenvalue weighted by molar-refractivity contribution is 5.26. The van der Waals surface area contributed by atoms with Gasteiger partial charge in [0.1, 0.15) is 5.82 Å². The van der Waals surface area contributed by atoms with E-state index in [0.29, 0.717) is 0 Å². The van der Waals surface area contributed by atoms with Crippen molar-refractivity contribution in [3.8, 4) is 0 Å². The molecule has 1 nitrogen and oxygen atoms in total. The number of halogens is 1. The molecule has 0 aliphatic carbocycles. The van der Waals surface area contributed by atoms with Crippen molar-refractivity contribution < 1.29 is 4.39 Å². The molecule has 0 radical (unpaired) electrons. The van der Waals surface area contributed by atoms with Gasteiger partial charge in [-0.25, -0.2) is 4.39 Å². The highest BCUT2D eigenvalue weighted by Crippen LogP contribution is 2.20. The summed E-state index contributed by atoms with van der Waals surface area (Å²) in [5.41, 5.74) is 3.69. The van der Waals surface area contributed by atoms with Crippen molar-refractivity contribution >= 4 is 0 Å². The quantitative estimate of drug-likeness (QED) is 0.852. The molecule has 1 atom stereocenters. The molecule has 0 heterocycles. The second kappa shape index (κ2) is 6.48. The lowest BCUT2D eigenvalue weighted by molar-refractivity contribution is 0.541. The standard InChI is InChI=1S/C17H20FN/c1-13-6-3-4-7-14(13)10-11-17(19-2)15-8-5-9-16(18)12-15/h3-9,12,17,19H,10-11H2,1-2H3. The summed E-state index contributed by atoms with van der Waals surface area (Å²) in [5.74, 6) is -0.173. The van der Waals surface area contributed by atoms with Crippen molar-refractivity contribution in [3.63, 3.8) is 0 Å². The highest BCUT2D eigenvalue weighted by atomic mass is 19.1. The van der Waals surface area contributed by atoms with Gasteiger partial charge in [-0.05, 0) is 55.6 Å². The van der Waals surface area contributed by atoms with Crippen molar-refractivity contribution in [2.75, 3.05) is 7.05 Å². The number of nitrogens with one attached hydrogen (secondary N) is 1. The zero-order valence-corrected chi connectivity index (χ0v) is 11.5. The minimum absolute atomic E-state index is 0.173. The maximum Gasteiger partial charge on any atom is 0.123 e. The zero-order valence-electron chi connectivity index (χ0n) is 11.5. The average Bonchev–Trinajstić information content (AvgIpc) is 2.41. The van der Waals surface area contributed by atoms with Gasteiger partial charge in [-0.2, -0.15) is 0 Å². The zero-order chi connectivity index (χ0) is 13.7. The van der Waals surface area contributed by atoms with Crippen LogP contribution in [0.1, 0.15) is 29.2 Å². The molecular weight excluding hydrogens is 237 g/mol. The van der Waals surface area contributed by atoms with E-state index in [-0.39, 0.29) is 11.9 Å². The fourth-order valence-electron chi connectivity index (χ4n) is 2.39. The van der Waals surface area contributed by atoms with Crippen molar-refractivity contribution in [2.24, 2.45) is 0 Å². The molecular formula is C17H20FN. The predicted octanol–water partition coefficient (Wildman–Crippen LogP) is 4.03. The van der Waals surface area contributed by atoms with Crippen molar-refractivity contribution in [1.29, 1.82) is 0 Å². The third kappa shape index (κ3) is 3.65. The molecule has 100 valence electrons. The van der Waals surface area contributed by atoms with Gasteiger partial charge in [0.25, 0.3) is 0 Å². The second-order valence-electron chi connectivity index (χ2n) is 4.86. The molecule has 1 N–H and O–H groups in total. The first-order chi connectivity index (χ1) is 9.20. The van der Waals surface area contributed by atoms with Crippen molar-refractivity contribution in [3.05, 3.63) is 71.0 Å². The molecule has 0 saturated heterocycles. The summed E-state index contributed by atoms with van der Waals surface area (Å²) in [7, 11) is 1.92. The van der Waals surface area contributed by atoms with E-state index in [0.717, 1.165) is 18.4 Å². The largest absolute Gasteiger partial charge is 0.313 e. The van der Waals surface area contributed by atoms with E-state index in [1.807, 2.05) is 13.1 Å². The van der Waals surface area contributed by atoms with Gasteiger partial charge in [-0.1, -0.05) is 36.4 Å². The van der Waals surface area contributed by atoms with E-state index in [4.69, 9.17) is 0 Å². The summed E-state index contributed by atoms with van der Waals surface area (Å²) >= 11 is 0. The minimum atomic E-state index is -0.173. The topological polar surface area (TPSA) is 12.0 Å². The normalized spacial score (nSPS) is 12.4. The van der Waals surface area contributed by atoms with Crippen LogP contribution in [0, 0.1) is 12.7 Å². The molecule has 0 aliphatic rings. The summed E-state index contributed by atoms with van der Waals surface area (Å²) in [6, 6.07) is 15.4. The maximum absolute atomic E-state index is 13.3. The number of rotatable bonds is 5.